The van der Waals surface area contributed by atoms with Gasteiger partial charge in [0, 0.05) is 4.92 Å². The largest absolute Gasteiger partial charge is 0.264 e. The van der Waals surface area contributed by atoms with Gasteiger partial charge in [-0.05, 0) is 12.5 Å². The van der Waals surface area contributed by atoms with Gasteiger partial charge in [0.25, 0.3) is 0 Å². The Bertz CT molecular complexity index is 98.6. The Morgan fingerprint density at radius 1 is 1.62 bits per heavy atom. The zero-order chi connectivity index (χ0) is 6.41. The van der Waals surface area contributed by atoms with Crippen LogP contribution < -0.4 is 0 Å². The molecule has 3 heteroatoms. The first-order chi connectivity index (χ1) is 3.77. The second-order valence-electron chi connectivity index (χ2n) is 1.39. The first-order valence-electron chi connectivity index (χ1n) is 2.54. The van der Waals surface area contributed by atoms with Crippen LogP contribution in [-0.2, 0) is 0 Å². The molecule has 0 unspecified atom stereocenters. The predicted octanol–water partition coefficient (Wildman–Crippen LogP) is 1.23. The van der Waals surface area contributed by atoms with Crippen LogP contribution in [-0.4, -0.2) is 11.5 Å². The molecule has 0 atom stereocenters. The molecule has 0 aliphatic carbocycles. The SMILES string of the molecule is CC/C=C\C[N+](=O)[O-]. The first kappa shape index (κ1) is 7.14. The van der Waals surface area contributed by atoms with E-state index in [2.05, 4.69) is 0 Å². The Balaban J connectivity index is 3.16. The minimum absolute atomic E-state index is 0.0478. The van der Waals surface area contributed by atoms with E-state index in [4.69, 9.17) is 0 Å². The molecular formula is C5H9NO2. The lowest BCUT2D eigenvalue weighted by Crippen LogP contribution is -1.95. The molecule has 0 heterocycles. The highest BCUT2D eigenvalue weighted by Crippen LogP contribution is 1.78. The average molecular weight is 115 g/mol. The Morgan fingerprint density at radius 2 is 2.25 bits per heavy atom. The van der Waals surface area contributed by atoms with Crippen LogP contribution in [0.1, 0.15) is 13.3 Å². The zero-order valence-electron chi connectivity index (χ0n) is 4.83. The lowest BCUT2D eigenvalue weighted by molar-refractivity contribution is -0.468. The molecule has 0 aromatic carbocycles. The van der Waals surface area contributed by atoms with E-state index >= 15 is 0 Å². The molecule has 0 aromatic heterocycles. The smallest absolute Gasteiger partial charge is 0.222 e. The van der Waals surface area contributed by atoms with Crippen molar-refractivity contribution >= 4 is 0 Å². The molecule has 0 N–H and O–H groups in total. The monoisotopic (exact) mass is 115 g/mol. The summed E-state index contributed by atoms with van der Waals surface area (Å²) in [5.41, 5.74) is 0. The summed E-state index contributed by atoms with van der Waals surface area (Å²) < 4.78 is 0. The fraction of sp³-hybridized carbons (Fsp3) is 0.600. The van der Waals surface area contributed by atoms with Crippen molar-refractivity contribution in [2.45, 2.75) is 13.3 Å². The van der Waals surface area contributed by atoms with Crippen molar-refractivity contribution in [3.8, 4) is 0 Å². The fourth-order valence-electron chi connectivity index (χ4n) is 0.327. The summed E-state index contributed by atoms with van der Waals surface area (Å²) in [4.78, 5) is 9.27. The molecule has 0 bridgehead atoms. The van der Waals surface area contributed by atoms with Crippen molar-refractivity contribution in [1.29, 1.82) is 0 Å². The Hall–Kier alpha value is -0.860. The number of nitro groups is 1. The highest BCUT2D eigenvalue weighted by atomic mass is 16.6. The average Bonchev–Trinajstić information content (AvgIpc) is 1.66. The van der Waals surface area contributed by atoms with Crippen LogP contribution in [0.4, 0.5) is 0 Å². The van der Waals surface area contributed by atoms with Gasteiger partial charge in [0.05, 0.1) is 0 Å². The molecule has 3 nitrogen and oxygen atoms in total. The van der Waals surface area contributed by atoms with Crippen LogP contribution in [0.25, 0.3) is 0 Å². The standard InChI is InChI=1S/C5H9NO2/c1-2-3-4-5-6(7)8/h3-4H,2,5H2,1H3/b4-3-. The fourth-order valence-corrected chi connectivity index (χ4v) is 0.327. The van der Waals surface area contributed by atoms with Crippen LogP contribution in [0.2, 0.25) is 0 Å². The molecule has 0 aromatic rings. The third-order valence-electron chi connectivity index (χ3n) is 0.657. The van der Waals surface area contributed by atoms with Crippen molar-refractivity contribution in [3.63, 3.8) is 0 Å². The maximum absolute atomic E-state index is 9.63. The maximum atomic E-state index is 9.63. The molecule has 0 amide bonds. The topological polar surface area (TPSA) is 43.1 Å². The second-order valence-corrected chi connectivity index (χ2v) is 1.39. The summed E-state index contributed by atoms with van der Waals surface area (Å²) in [6, 6.07) is 0. The van der Waals surface area contributed by atoms with Gasteiger partial charge in [0.1, 0.15) is 0 Å². The third-order valence-corrected chi connectivity index (χ3v) is 0.657. The summed E-state index contributed by atoms with van der Waals surface area (Å²) in [5, 5.41) is 9.63. The Kier molecular flexibility index (Phi) is 3.84. The molecule has 46 valence electrons. The molecule has 0 rings (SSSR count). The highest BCUT2D eigenvalue weighted by molar-refractivity contribution is 4.78. The van der Waals surface area contributed by atoms with Gasteiger partial charge in [0.15, 0.2) is 0 Å². The zero-order valence-corrected chi connectivity index (χ0v) is 4.83. The van der Waals surface area contributed by atoms with Crippen LogP contribution in [0, 0.1) is 10.1 Å². The molecule has 0 fully saturated rings. The maximum Gasteiger partial charge on any atom is 0.222 e. The van der Waals surface area contributed by atoms with Gasteiger partial charge < -0.3 is 0 Å². The van der Waals surface area contributed by atoms with Crippen LogP contribution in [0.5, 0.6) is 0 Å². The van der Waals surface area contributed by atoms with Crippen LogP contribution in [0.15, 0.2) is 12.2 Å². The van der Waals surface area contributed by atoms with Gasteiger partial charge in [-0.1, -0.05) is 13.0 Å². The third kappa shape index (κ3) is 5.14. The van der Waals surface area contributed by atoms with E-state index in [-0.39, 0.29) is 11.5 Å². The van der Waals surface area contributed by atoms with Gasteiger partial charge in [-0.15, -0.1) is 0 Å². The molecular weight excluding hydrogens is 106 g/mol. The molecule has 0 radical (unpaired) electrons. The van der Waals surface area contributed by atoms with E-state index in [1.54, 1.807) is 12.2 Å². The van der Waals surface area contributed by atoms with E-state index in [1.165, 1.54) is 0 Å². The minimum atomic E-state index is -0.355. The number of allylic oxidation sites excluding steroid dienone is 1. The number of nitrogens with zero attached hydrogens (tertiary/aromatic N) is 1. The van der Waals surface area contributed by atoms with Crippen molar-refractivity contribution in [1.82, 2.24) is 0 Å². The van der Waals surface area contributed by atoms with Crippen molar-refractivity contribution in [2.24, 2.45) is 0 Å². The van der Waals surface area contributed by atoms with E-state index in [9.17, 15) is 10.1 Å². The van der Waals surface area contributed by atoms with Crippen LogP contribution >= 0.6 is 0 Å². The van der Waals surface area contributed by atoms with E-state index in [1.807, 2.05) is 6.92 Å². The summed E-state index contributed by atoms with van der Waals surface area (Å²) in [5.74, 6) is 0. The molecule has 8 heavy (non-hydrogen) atoms. The van der Waals surface area contributed by atoms with E-state index in [0.717, 1.165) is 6.42 Å². The molecule has 0 spiro atoms. The first-order valence-corrected chi connectivity index (χ1v) is 2.54. The van der Waals surface area contributed by atoms with E-state index < -0.39 is 0 Å². The number of hydrogen-bond acceptors (Lipinski definition) is 2. The summed E-state index contributed by atoms with van der Waals surface area (Å²) in [6.07, 6.45) is 4.20. The van der Waals surface area contributed by atoms with Gasteiger partial charge >= 0.3 is 0 Å². The van der Waals surface area contributed by atoms with Crippen molar-refractivity contribution < 1.29 is 4.92 Å². The predicted molar refractivity (Wildman–Crippen MR) is 31.3 cm³/mol. The summed E-state index contributed by atoms with van der Waals surface area (Å²) in [6.45, 7) is 1.89. The van der Waals surface area contributed by atoms with Gasteiger partial charge in [-0.3, -0.25) is 10.1 Å². The second kappa shape index (κ2) is 4.30. The van der Waals surface area contributed by atoms with Gasteiger partial charge in [-0.25, -0.2) is 0 Å². The minimum Gasteiger partial charge on any atom is -0.264 e. The van der Waals surface area contributed by atoms with Crippen molar-refractivity contribution in [2.75, 3.05) is 6.54 Å². The molecule has 0 aliphatic heterocycles. The quantitative estimate of drug-likeness (QED) is 0.315. The van der Waals surface area contributed by atoms with Gasteiger partial charge in [-0.2, -0.15) is 0 Å². The molecule has 0 saturated carbocycles. The van der Waals surface area contributed by atoms with Crippen molar-refractivity contribution in [3.05, 3.63) is 22.3 Å². The summed E-state index contributed by atoms with van der Waals surface area (Å²) in [7, 11) is 0. The number of hydrogen-bond donors (Lipinski definition) is 0. The normalized spacial score (nSPS) is 10.1. The molecule has 0 aliphatic rings. The van der Waals surface area contributed by atoms with E-state index in [0.29, 0.717) is 0 Å². The lowest BCUT2D eigenvalue weighted by atomic mass is 10.4. The Labute approximate surface area is 48.2 Å². The van der Waals surface area contributed by atoms with Gasteiger partial charge in [0.2, 0.25) is 6.54 Å². The summed E-state index contributed by atoms with van der Waals surface area (Å²) >= 11 is 0. The Morgan fingerprint density at radius 3 is 2.62 bits per heavy atom. The lowest BCUT2D eigenvalue weighted by Gasteiger charge is -1.80. The number of rotatable bonds is 3. The highest BCUT2D eigenvalue weighted by Gasteiger charge is 1.84. The van der Waals surface area contributed by atoms with Crippen LogP contribution in [0.3, 0.4) is 0 Å². The molecule has 0 saturated heterocycles.